The molecule has 0 saturated heterocycles. The van der Waals surface area contributed by atoms with Crippen molar-refractivity contribution in [1.29, 1.82) is 0 Å². The van der Waals surface area contributed by atoms with E-state index in [0.29, 0.717) is 0 Å². The summed E-state index contributed by atoms with van der Waals surface area (Å²) in [5.41, 5.74) is 2.03. The summed E-state index contributed by atoms with van der Waals surface area (Å²) >= 11 is 9.26. The van der Waals surface area contributed by atoms with Gasteiger partial charge in [0.1, 0.15) is 0 Å². The minimum absolute atomic E-state index is 0.718. The Balaban J connectivity index is 2.53. The van der Waals surface area contributed by atoms with Crippen molar-refractivity contribution in [2.45, 2.75) is 0 Å². The molecule has 4 heteroatoms. The quantitative estimate of drug-likeness (QED) is 0.832. The van der Waals surface area contributed by atoms with Crippen LogP contribution in [0.25, 0.3) is 11.3 Å². The number of rotatable bonds is 1. The van der Waals surface area contributed by atoms with Crippen LogP contribution in [0.2, 0.25) is 5.02 Å². The summed E-state index contributed by atoms with van der Waals surface area (Å²) in [4.78, 5) is 6.98. The highest BCUT2D eigenvalue weighted by atomic mass is 79.9. The molecule has 0 aliphatic carbocycles. The SMILES string of the molecule is Clc1ccc(-c2cnc[nH]2)c(Br)c1. The molecular formula is C9H6BrClN2. The van der Waals surface area contributed by atoms with Crippen LogP contribution in [0, 0.1) is 0 Å². The fourth-order valence-corrected chi connectivity index (χ4v) is 2.01. The first-order valence-electron chi connectivity index (χ1n) is 3.71. The summed E-state index contributed by atoms with van der Waals surface area (Å²) in [5.74, 6) is 0. The first kappa shape index (κ1) is 8.78. The number of nitrogens with zero attached hydrogens (tertiary/aromatic N) is 1. The zero-order valence-electron chi connectivity index (χ0n) is 6.59. The van der Waals surface area contributed by atoms with Crippen molar-refractivity contribution in [1.82, 2.24) is 9.97 Å². The van der Waals surface area contributed by atoms with Gasteiger partial charge in [0.2, 0.25) is 0 Å². The molecule has 1 aromatic heterocycles. The van der Waals surface area contributed by atoms with Gasteiger partial charge >= 0.3 is 0 Å². The third kappa shape index (κ3) is 1.76. The standard InChI is InChI=1S/C9H6BrClN2/c10-8-3-6(11)1-2-7(8)9-4-12-5-13-9/h1-5H,(H,12,13). The zero-order chi connectivity index (χ0) is 9.26. The van der Waals surface area contributed by atoms with Crippen LogP contribution in [0.3, 0.4) is 0 Å². The molecule has 1 aromatic carbocycles. The number of hydrogen-bond acceptors (Lipinski definition) is 1. The molecule has 0 saturated carbocycles. The Hall–Kier alpha value is -0.800. The van der Waals surface area contributed by atoms with Gasteiger partial charge in [-0.1, -0.05) is 33.6 Å². The van der Waals surface area contributed by atoms with Gasteiger partial charge in [-0.15, -0.1) is 0 Å². The lowest BCUT2D eigenvalue weighted by Gasteiger charge is -2.01. The number of hydrogen-bond donors (Lipinski definition) is 1. The van der Waals surface area contributed by atoms with Crippen molar-refractivity contribution >= 4 is 27.5 Å². The van der Waals surface area contributed by atoms with Crippen molar-refractivity contribution < 1.29 is 0 Å². The Labute approximate surface area is 89.1 Å². The monoisotopic (exact) mass is 256 g/mol. The summed E-state index contributed by atoms with van der Waals surface area (Å²) in [6.45, 7) is 0. The Kier molecular flexibility index (Phi) is 2.38. The maximum atomic E-state index is 5.82. The molecule has 0 aliphatic heterocycles. The number of benzene rings is 1. The summed E-state index contributed by atoms with van der Waals surface area (Å²) in [6.07, 6.45) is 3.42. The second-order valence-electron chi connectivity index (χ2n) is 2.59. The first-order valence-corrected chi connectivity index (χ1v) is 4.88. The van der Waals surface area contributed by atoms with Crippen LogP contribution < -0.4 is 0 Å². The number of aromatic amines is 1. The molecule has 1 heterocycles. The number of halogens is 2. The van der Waals surface area contributed by atoms with E-state index in [4.69, 9.17) is 11.6 Å². The van der Waals surface area contributed by atoms with Gasteiger partial charge < -0.3 is 4.98 Å². The molecule has 13 heavy (non-hydrogen) atoms. The van der Waals surface area contributed by atoms with Crippen molar-refractivity contribution in [2.75, 3.05) is 0 Å². The molecule has 0 bridgehead atoms. The van der Waals surface area contributed by atoms with Crippen LogP contribution in [0.4, 0.5) is 0 Å². The third-order valence-electron chi connectivity index (χ3n) is 1.72. The van der Waals surface area contributed by atoms with Crippen molar-refractivity contribution in [3.05, 3.63) is 40.2 Å². The predicted octanol–water partition coefficient (Wildman–Crippen LogP) is 3.49. The Morgan fingerprint density at radius 3 is 2.85 bits per heavy atom. The van der Waals surface area contributed by atoms with Gasteiger partial charge in [-0.3, -0.25) is 0 Å². The Morgan fingerprint density at radius 1 is 1.38 bits per heavy atom. The number of nitrogens with one attached hydrogen (secondary N) is 1. The second-order valence-corrected chi connectivity index (χ2v) is 3.88. The Bertz CT molecular complexity index is 412. The fourth-order valence-electron chi connectivity index (χ4n) is 1.11. The molecule has 0 radical (unpaired) electrons. The summed E-state index contributed by atoms with van der Waals surface area (Å²) in [5, 5.41) is 0.718. The molecule has 0 aliphatic rings. The second kappa shape index (κ2) is 3.52. The molecule has 0 amide bonds. The minimum Gasteiger partial charge on any atom is -0.345 e. The predicted molar refractivity (Wildman–Crippen MR) is 56.7 cm³/mol. The zero-order valence-corrected chi connectivity index (χ0v) is 8.93. The van der Waals surface area contributed by atoms with E-state index in [2.05, 4.69) is 25.9 Å². The molecule has 2 aromatic rings. The Morgan fingerprint density at radius 2 is 2.23 bits per heavy atom. The van der Waals surface area contributed by atoms with Crippen molar-refractivity contribution in [3.63, 3.8) is 0 Å². The van der Waals surface area contributed by atoms with Crippen LogP contribution in [-0.4, -0.2) is 9.97 Å². The highest BCUT2D eigenvalue weighted by Gasteiger charge is 2.03. The van der Waals surface area contributed by atoms with Gasteiger partial charge in [0, 0.05) is 15.1 Å². The van der Waals surface area contributed by atoms with E-state index in [0.717, 1.165) is 20.8 Å². The highest BCUT2D eigenvalue weighted by molar-refractivity contribution is 9.10. The van der Waals surface area contributed by atoms with Gasteiger partial charge in [0.05, 0.1) is 18.2 Å². The number of imidazole rings is 1. The fraction of sp³-hybridized carbons (Fsp3) is 0. The lowest BCUT2D eigenvalue weighted by molar-refractivity contribution is 1.31. The van der Waals surface area contributed by atoms with Crippen LogP contribution in [0.1, 0.15) is 0 Å². The highest BCUT2D eigenvalue weighted by Crippen LogP contribution is 2.28. The minimum atomic E-state index is 0.718. The van der Waals surface area contributed by atoms with E-state index >= 15 is 0 Å². The van der Waals surface area contributed by atoms with Crippen LogP contribution in [0.15, 0.2) is 35.2 Å². The lowest BCUT2D eigenvalue weighted by atomic mass is 10.2. The molecule has 2 rings (SSSR count). The maximum absolute atomic E-state index is 5.82. The number of H-pyrrole nitrogens is 1. The molecule has 0 fully saturated rings. The molecule has 0 spiro atoms. The third-order valence-corrected chi connectivity index (χ3v) is 2.61. The topological polar surface area (TPSA) is 28.7 Å². The molecule has 0 atom stereocenters. The van der Waals surface area contributed by atoms with Gasteiger partial charge in [0.25, 0.3) is 0 Å². The lowest BCUT2D eigenvalue weighted by Crippen LogP contribution is -1.78. The molecular weight excluding hydrogens is 251 g/mol. The van der Waals surface area contributed by atoms with E-state index in [1.807, 2.05) is 18.2 Å². The smallest absolute Gasteiger partial charge is 0.0924 e. The van der Waals surface area contributed by atoms with E-state index in [1.165, 1.54) is 0 Å². The van der Waals surface area contributed by atoms with Gasteiger partial charge in [-0.25, -0.2) is 4.98 Å². The molecule has 66 valence electrons. The van der Waals surface area contributed by atoms with E-state index in [9.17, 15) is 0 Å². The molecule has 2 nitrogen and oxygen atoms in total. The summed E-state index contributed by atoms with van der Waals surface area (Å²) in [6, 6.07) is 5.65. The van der Waals surface area contributed by atoms with E-state index in [1.54, 1.807) is 12.5 Å². The van der Waals surface area contributed by atoms with Crippen LogP contribution in [-0.2, 0) is 0 Å². The average molecular weight is 258 g/mol. The summed E-state index contributed by atoms with van der Waals surface area (Å²) in [7, 11) is 0. The first-order chi connectivity index (χ1) is 6.27. The van der Waals surface area contributed by atoms with Gasteiger partial charge in [-0.2, -0.15) is 0 Å². The summed E-state index contributed by atoms with van der Waals surface area (Å²) < 4.78 is 0.962. The van der Waals surface area contributed by atoms with Crippen LogP contribution in [0.5, 0.6) is 0 Å². The van der Waals surface area contributed by atoms with Gasteiger partial charge in [0.15, 0.2) is 0 Å². The largest absolute Gasteiger partial charge is 0.345 e. The average Bonchev–Trinajstić information content (AvgIpc) is 2.56. The van der Waals surface area contributed by atoms with Gasteiger partial charge in [-0.05, 0) is 12.1 Å². The van der Waals surface area contributed by atoms with Crippen molar-refractivity contribution in [2.24, 2.45) is 0 Å². The normalized spacial score (nSPS) is 10.3. The maximum Gasteiger partial charge on any atom is 0.0924 e. The van der Waals surface area contributed by atoms with Crippen molar-refractivity contribution in [3.8, 4) is 11.3 Å². The molecule has 0 unspecified atom stereocenters. The van der Waals surface area contributed by atoms with E-state index < -0.39 is 0 Å². The van der Waals surface area contributed by atoms with Crippen LogP contribution >= 0.6 is 27.5 Å². The number of aromatic nitrogens is 2. The molecule has 1 N–H and O–H groups in total. The van der Waals surface area contributed by atoms with E-state index in [-0.39, 0.29) is 0 Å².